The summed E-state index contributed by atoms with van der Waals surface area (Å²) in [5, 5.41) is 12.9. The summed E-state index contributed by atoms with van der Waals surface area (Å²) in [5.74, 6) is -0.611. The van der Waals surface area contributed by atoms with Crippen LogP contribution in [0.3, 0.4) is 0 Å². The zero-order chi connectivity index (χ0) is 22.8. The van der Waals surface area contributed by atoms with E-state index in [1.54, 1.807) is 19.1 Å². The summed E-state index contributed by atoms with van der Waals surface area (Å²) in [5.41, 5.74) is 0.0835. The third kappa shape index (κ3) is 3.24. The Balaban J connectivity index is 2.12. The SMILES string of the molecule is CC1(C)CC(=O)C2=C(C1)Nc1ncc(F)c(C#N)c1[C@]2(C)c1cccc(S(C)(=O)=O)c1. The van der Waals surface area contributed by atoms with Crippen molar-refractivity contribution in [2.45, 2.75) is 43.9 Å². The van der Waals surface area contributed by atoms with E-state index in [0.717, 1.165) is 12.5 Å². The van der Waals surface area contributed by atoms with Crippen LogP contribution in [0.5, 0.6) is 0 Å². The molecule has 1 atom stereocenters. The molecule has 1 aromatic heterocycles. The fourth-order valence-electron chi connectivity index (χ4n) is 4.78. The number of sulfone groups is 1. The molecule has 0 unspecified atom stereocenters. The fraction of sp³-hybridized carbons (Fsp3) is 0.348. The predicted octanol–water partition coefficient (Wildman–Crippen LogP) is 3.87. The van der Waals surface area contributed by atoms with Crippen LogP contribution < -0.4 is 5.32 Å². The highest BCUT2D eigenvalue weighted by Crippen LogP contribution is 2.53. The van der Waals surface area contributed by atoms with E-state index >= 15 is 0 Å². The molecule has 0 saturated heterocycles. The number of hydrogen-bond acceptors (Lipinski definition) is 6. The molecule has 0 saturated carbocycles. The number of benzene rings is 1. The van der Waals surface area contributed by atoms with Gasteiger partial charge in [0.05, 0.1) is 22.1 Å². The average Bonchev–Trinajstić information content (AvgIpc) is 2.66. The second kappa shape index (κ2) is 6.72. The van der Waals surface area contributed by atoms with E-state index in [-0.39, 0.29) is 33.6 Å². The Kier molecular flexibility index (Phi) is 4.60. The van der Waals surface area contributed by atoms with Crippen LogP contribution in [0.1, 0.15) is 50.3 Å². The van der Waals surface area contributed by atoms with Crippen molar-refractivity contribution in [1.29, 1.82) is 5.26 Å². The van der Waals surface area contributed by atoms with E-state index in [2.05, 4.69) is 10.3 Å². The number of anilines is 1. The normalized spacial score (nSPS) is 22.3. The molecule has 1 aliphatic carbocycles. The number of nitriles is 1. The number of nitrogens with zero attached hydrogens (tertiary/aromatic N) is 2. The Morgan fingerprint density at radius 2 is 1.94 bits per heavy atom. The van der Waals surface area contributed by atoms with Crippen LogP contribution in [0.15, 0.2) is 46.6 Å². The van der Waals surface area contributed by atoms with Crippen LogP contribution >= 0.6 is 0 Å². The van der Waals surface area contributed by atoms with E-state index < -0.39 is 21.1 Å². The highest BCUT2D eigenvalue weighted by atomic mass is 32.2. The lowest BCUT2D eigenvalue weighted by Gasteiger charge is -2.44. The number of pyridine rings is 1. The Bertz CT molecular complexity index is 1320. The van der Waals surface area contributed by atoms with Crippen LogP contribution in [0.2, 0.25) is 0 Å². The van der Waals surface area contributed by atoms with Gasteiger partial charge in [0, 0.05) is 29.5 Å². The minimum Gasteiger partial charge on any atom is -0.343 e. The first-order valence-electron chi connectivity index (χ1n) is 9.82. The van der Waals surface area contributed by atoms with E-state index in [1.807, 2.05) is 19.9 Å². The summed E-state index contributed by atoms with van der Waals surface area (Å²) in [4.78, 5) is 17.7. The molecule has 31 heavy (non-hydrogen) atoms. The molecule has 0 radical (unpaired) electrons. The first-order chi connectivity index (χ1) is 14.4. The predicted molar refractivity (Wildman–Crippen MR) is 114 cm³/mol. The first kappa shape index (κ1) is 21.2. The van der Waals surface area contributed by atoms with Crippen LogP contribution in [0.25, 0.3) is 0 Å². The molecule has 160 valence electrons. The number of carbonyl (C=O) groups excluding carboxylic acids is 1. The molecule has 8 heteroatoms. The number of hydrogen-bond donors (Lipinski definition) is 1. The highest BCUT2D eigenvalue weighted by molar-refractivity contribution is 7.90. The minimum absolute atomic E-state index is 0.0833. The highest BCUT2D eigenvalue weighted by Gasteiger charge is 2.49. The summed E-state index contributed by atoms with van der Waals surface area (Å²) < 4.78 is 39.1. The summed E-state index contributed by atoms with van der Waals surface area (Å²) in [6, 6.07) is 8.17. The standard InChI is InChI=1S/C23H22FN3O3S/c1-22(2)9-17-20(18(28)10-22)23(3,13-6-5-7-14(8-13)31(4,29)30)19-15(11-25)16(24)12-26-21(19)27-17/h5-8,12H,9-10H2,1-4H3,(H,26,27)/t23-/m0/s1. The molecule has 0 amide bonds. The Hall–Kier alpha value is -3.05. The lowest BCUT2D eigenvalue weighted by atomic mass is 9.61. The maximum Gasteiger partial charge on any atom is 0.175 e. The number of halogens is 1. The molecule has 0 bridgehead atoms. The van der Waals surface area contributed by atoms with Crippen molar-refractivity contribution in [2.75, 3.05) is 11.6 Å². The summed E-state index contributed by atoms with van der Waals surface area (Å²) in [6.07, 6.45) is 2.94. The third-order valence-corrected chi connectivity index (χ3v) is 7.24. The van der Waals surface area contributed by atoms with Crippen molar-refractivity contribution < 1.29 is 17.6 Å². The van der Waals surface area contributed by atoms with E-state index in [1.165, 1.54) is 12.1 Å². The number of aromatic nitrogens is 1. The number of rotatable bonds is 2. The van der Waals surface area contributed by atoms with Gasteiger partial charge in [-0.15, -0.1) is 0 Å². The molecule has 0 fully saturated rings. The molecule has 1 N–H and O–H groups in total. The monoisotopic (exact) mass is 439 g/mol. The second-order valence-electron chi connectivity index (χ2n) is 9.16. The maximum atomic E-state index is 14.6. The van der Waals surface area contributed by atoms with Crippen molar-refractivity contribution in [3.05, 3.63) is 64.2 Å². The number of ketones is 1. The average molecular weight is 440 g/mol. The quantitative estimate of drug-likeness (QED) is 0.763. The van der Waals surface area contributed by atoms with Gasteiger partial charge < -0.3 is 5.32 Å². The maximum absolute atomic E-state index is 14.6. The molecular formula is C23H22FN3O3S. The van der Waals surface area contributed by atoms with Gasteiger partial charge in [0.1, 0.15) is 11.9 Å². The largest absolute Gasteiger partial charge is 0.343 e. The smallest absolute Gasteiger partial charge is 0.175 e. The van der Waals surface area contributed by atoms with Crippen LogP contribution in [0, 0.1) is 22.6 Å². The van der Waals surface area contributed by atoms with Crippen LogP contribution in [-0.2, 0) is 20.0 Å². The third-order valence-electron chi connectivity index (χ3n) is 6.13. The topological polar surface area (TPSA) is 99.9 Å². The molecule has 1 aliphatic heterocycles. The van der Waals surface area contributed by atoms with Gasteiger partial charge in [-0.2, -0.15) is 5.26 Å². The molecule has 1 aromatic carbocycles. The lowest BCUT2D eigenvalue weighted by molar-refractivity contribution is -0.118. The number of carbonyl (C=O) groups is 1. The van der Waals surface area contributed by atoms with E-state index in [4.69, 9.17) is 0 Å². The van der Waals surface area contributed by atoms with Crippen molar-refractivity contribution in [1.82, 2.24) is 4.98 Å². The van der Waals surface area contributed by atoms with Crippen molar-refractivity contribution in [3.63, 3.8) is 0 Å². The number of Topliss-reactive ketones (excluding diaryl/α,β-unsaturated/α-hetero) is 1. The van der Waals surface area contributed by atoms with Crippen LogP contribution in [-0.4, -0.2) is 25.4 Å². The van der Waals surface area contributed by atoms with Gasteiger partial charge in [-0.25, -0.2) is 17.8 Å². The second-order valence-corrected chi connectivity index (χ2v) is 11.2. The molecule has 2 heterocycles. The zero-order valence-corrected chi connectivity index (χ0v) is 18.5. The molecule has 6 nitrogen and oxygen atoms in total. The lowest BCUT2D eigenvalue weighted by Crippen LogP contribution is -2.43. The molecule has 2 aliphatic rings. The Morgan fingerprint density at radius 3 is 2.58 bits per heavy atom. The molecule has 0 spiro atoms. The molecule has 2 aromatic rings. The van der Waals surface area contributed by atoms with Gasteiger partial charge in [0.15, 0.2) is 21.4 Å². The van der Waals surface area contributed by atoms with Gasteiger partial charge in [-0.05, 0) is 36.5 Å². The first-order valence-corrected chi connectivity index (χ1v) is 11.7. The van der Waals surface area contributed by atoms with Crippen molar-refractivity contribution in [2.24, 2.45) is 5.41 Å². The summed E-state index contributed by atoms with van der Waals surface area (Å²) >= 11 is 0. The van der Waals surface area contributed by atoms with Gasteiger partial charge in [-0.3, -0.25) is 4.79 Å². The number of fused-ring (bicyclic) bond motifs is 1. The van der Waals surface area contributed by atoms with Gasteiger partial charge >= 0.3 is 0 Å². The van der Waals surface area contributed by atoms with Crippen LogP contribution in [0.4, 0.5) is 10.2 Å². The Morgan fingerprint density at radius 1 is 1.23 bits per heavy atom. The molecular weight excluding hydrogens is 417 g/mol. The van der Waals surface area contributed by atoms with Crippen molar-refractivity contribution >= 4 is 21.4 Å². The summed E-state index contributed by atoms with van der Waals surface area (Å²) in [7, 11) is -3.52. The number of allylic oxidation sites excluding steroid dienone is 2. The van der Waals surface area contributed by atoms with Gasteiger partial charge in [0.25, 0.3) is 0 Å². The fourth-order valence-corrected chi connectivity index (χ4v) is 5.45. The minimum atomic E-state index is -3.52. The van der Waals surface area contributed by atoms with Gasteiger partial charge in [0.2, 0.25) is 0 Å². The zero-order valence-electron chi connectivity index (χ0n) is 17.7. The van der Waals surface area contributed by atoms with E-state index in [0.29, 0.717) is 29.1 Å². The number of nitrogens with one attached hydrogen (secondary N) is 1. The van der Waals surface area contributed by atoms with Crippen molar-refractivity contribution in [3.8, 4) is 6.07 Å². The van der Waals surface area contributed by atoms with E-state index in [9.17, 15) is 22.9 Å². The van der Waals surface area contributed by atoms with Gasteiger partial charge in [-0.1, -0.05) is 26.0 Å². The Labute approximate surface area is 180 Å². The summed E-state index contributed by atoms with van der Waals surface area (Å²) in [6.45, 7) is 5.72. The molecule has 4 rings (SSSR count).